The van der Waals surface area contributed by atoms with Crippen LogP contribution in [0.15, 0.2) is 0 Å². The van der Waals surface area contributed by atoms with E-state index in [-0.39, 0.29) is 5.54 Å². The van der Waals surface area contributed by atoms with E-state index in [1.807, 2.05) is 0 Å². The number of ether oxygens (including phenoxy) is 1. The van der Waals surface area contributed by atoms with Gasteiger partial charge in [-0.05, 0) is 39.5 Å². The van der Waals surface area contributed by atoms with Crippen LogP contribution in [0.3, 0.4) is 0 Å². The average Bonchev–Trinajstić information content (AvgIpc) is 2.17. The van der Waals surface area contributed by atoms with Crippen LogP contribution in [0.25, 0.3) is 0 Å². The zero-order valence-corrected chi connectivity index (χ0v) is 10.1. The van der Waals surface area contributed by atoms with Crippen molar-refractivity contribution in [2.75, 3.05) is 19.0 Å². The molecule has 1 rings (SSSR count). The standard InChI is InChI=1S/C11H22ClNO/c1-11(2,6-7-12)13-9-10-5-3-4-8-14-10/h10,13H,3-9H2,1-2H3. The van der Waals surface area contributed by atoms with E-state index < -0.39 is 0 Å². The summed E-state index contributed by atoms with van der Waals surface area (Å²) in [5, 5.41) is 3.52. The molecule has 3 heteroatoms. The van der Waals surface area contributed by atoms with Crippen LogP contribution in [0.1, 0.15) is 39.5 Å². The third-order valence-corrected chi connectivity index (χ3v) is 2.99. The molecule has 14 heavy (non-hydrogen) atoms. The van der Waals surface area contributed by atoms with E-state index in [1.165, 1.54) is 19.3 Å². The number of alkyl halides is 1. The van der Waals surface area contributed by atoms with E-state index in [1.54, 1.807) is 0 Å². The minimum atomic E-state index is 0.141. The number of halogens is 1. The van der Waals surface area contributed by atoms with Crippen molar-refractivity contribution in [3.05, 3.63) is 0 Å². The molecule has 1 heterocycles. The van der Waals surface area contributed by atoms with Crippen molar-refractivity contribution in [1.29, 1.82) is 0 Å². The second-order valence-electron chi connectivity index (χ2n) is 4.69. The average molecular weight is 220 g/mol. The highest BCUT2D eigenvalue weighted by atomic mass is 35.5. The maximum atomic E-state index is 5.74. The molecule has 1 aliphatic rings. The van der Waals surface area contributed by atoms with Gasteiger partial charge in [0.15, 0.2) is 0 Å². The highest BCUT2D eigenvalue weighted by molar-refractivity contribution is 6.17. The topological polar surface area (TPSA) is 21.3 Å². The summed E-state index contributed by atoms with van der Waals surface area (Å²) in [4.78, 5) is 0. The molecule has 1 aliphatic heterocycles. The summed E-state index contributed by atoms with van der Waals surface area (Å²) in [6, 6.07) is 0. The van der Waals surface area contributed by atoms with Crippen LogP contribution in [0.5, 0.6) is 0 Å². The van der Waals surface area contributed by atoms with Crippen LogP contribution in [-0.4, -0.2) is 30.7 Å². The molecule has 1 N–H and O–H groups in total. The Bertz CT molecular complexity index is 155. The Labute approximate surface area is 92.3 Å². The molecule has 0 aromatic heterocycles. The van der Waals surface area contributed by atoms with Crippen molar-refractivity contribution in [3.8, 4) is 0 Å². The van der Waals surface area contributed by atoms with Crippen LogP contribution in [-0.2, 0) is 4.74 Å². The molecule has 0 aliphatic carbocycles. The summed E-state index contributed by atoms with van der Waals surface area (Å²) in [5.74, 6) is 0.714. The van der Waals surface area contributed by atoms with Crippen molar-refractivity contribution in [1.82, 2.24) is 5.32 Å². The van der Waals surface area contributed by atoms with Crippen LogP contribution < -0.4 is 5.32 Å². The van der Waals surface area contributed by atoms with E-state index >= 15 is 0 Å². The molecule has 1 unspecified atom stereocenters. The molecule has 0 spiro atoms. The molecule has 0 aromatic carbocycles. The zero-order valence-electron chi connectivity index (χ0n) is 9.31. The summed E-state index contributed by atoms with van der Waals surface area (Å²) in [7, 11) is 0. The van der Waals surface area contributed by atoms with Crippen LogP contribution in [0.2, 0.25) is 0 Å². The highest BCUT2D eigenvalue weighted by Crippen LogP contribution is 2.14. The van der Waals surface area contributed by atoms with Gasteiger partial charge in [-0.1, -0.05) is 0 Å². The fourth-order valence-corrected chi connectivity index (χ4v) is 2.16. The number of hydrogen-bond donors (Lipinski definition) is 1. The molecule has 1 atom stereocenters. The molecular formula is C11H22ClNO. The Balaban J connectivity index is 2.17. The first kappa shape index (κ1) is 12.3. The number of nitrogens with one attached hydrogen (secondary N) is 1. The van der Waals surface area contributed by atoms with E-state index in [0.29, 0.717) is 12.0 Å². The van der Waals surface area contributed by atoms with Crippen LogP contribution >= 0.6 is 11.6 Å². The molecule has 0 saturated carbocycles. The molecular weight excluding hydrogens is 198 g/mol. The van der Waals surface area contributed by atoms with Gasteiger partial charge >= 0.3 is 0 Å². The van der Waals surface area contributed by atoms with Gasteiger partial charge in [0.2, 0.25) is 0 Å². The lowest BCUT2D eigenvalue weighted by molar-refractivity contribution is 0.0129. The minimum absolute atomic E-state index is 0.141. The van der Waals surface area contributed by atoms with Gasteiger partial charge in [-0.25, -0.2) is 0 Å². The first-order valence-electron chi connectivity index (χ1n) is 5.57. The van der Waals surface area contributed by atoms with E-state index in [9.17, 15) is 0 Å². The van der Waals surface area contributed by atoms with Gasteiger partial charge in [0.25, 0.3) is 0 Å². The van der Waals surface area contributed by atoms with Gasteiger partial charge < -0.3 is 10.1 Å². The largest absolute Gasteiger partial charge is 0.377 e. The third-order valence-electron chi connectivity index (χ3n) is 2.80. The summed E-state index contributed by atoms with van der Waals surface area (Å²) >= 11 is 5.74. The van der Waals surface area contributed by atoms with Gasteiger partial charge in [-0.2, -0.15) is 0 Å². The molecule has 1 fully saturated rings. The van der Waals surface area contributed by atoms with E-state index in [4.69, 9.17) is 16.3 Å². The molecule has 0 bridgehead atoms. The molecule has 0 amide bonds. The Hall–Kier alpha value is 0.210. The number of hydrogen-bond acceptors (Lipinski definition) is 2. The fourth-order valence-electron chi connectivity index (χ4n) is 1.68. The minimum Gasteiger partial charge on any atom is -0.377 e. The van der Waals surface area contributed by atoms with E-state index in [2.05, 4.69) is 19.2 Å². The monoisotopic (exact) mass is 219 g/mol. The summed E-state index contributed by atoms with van der Waals surface area (Å²) in [6.07, 6.45) is 5.15. The first-order chi connectivity index (χ1) is 6.64. The highest BCUT2D eigenvalue weighted by Gasteiger charge is 2.20. The van der Waals surface area contributed by atoms with Crippen molar-refractivity contribution in [2.24, 2.45) is 0 Å². The first-order valence-corrected chi connectivity index (χ1v) is 6.10. The van der Waals surface area contributed by atoms with Crippen molar-refractivity contribution in [2.45, 2.75) is 51.2 Å². The number of rotatable bonds is 5. The van der Waals surface area contributed by atoms with Crippen molar-refractivity contribution in [3.63, 3.8) is 0 Å². The molecule has 1 saturated heterocycles. The summed E-state index contributed by atoms with van der Waals surface area (Å²) < 4.78 is 5.66. The Kier molecular flexibility index (Phi) is 5.21. The molecule has 2 nitrogen and oxygen atoms in total. The fraction of sp³-hybridized carbons (Fsp3) is 1.00. The van der Waals surface area contributed by atoms with Crippen molar-refractivity contribution >= 4 is 11.6 Å². The third kappa shape index (κ3) is 4.63. The lowest BCUT2D eigenvalue weighted by Gasteiger charge is -2.30. The Morgan fingerprint density at radius 2 is 2.21 bits per heavy atom. The van der Waals surface area contributed by atoms with Crippen molar-refractivity contribution < 1.29 is 4.74 Å². The second kappa shape index (κ2) is 5.94. The van der Waals surface area contributed by atoms with Gasteiger partial charge in [0.05, 0.1) is 6.10 Å². The predicted molar refractivity (Wildman–Crippen MR) is 61.0 cm³/mol. The summed E-state index contributed by atoms with van der Waals surface area (Å²) in [5.41, 5.74) is 0.141. The van der Waals surface area contributed by atoms with Gasteiger partial charge in [-0.15, -0.1) is 11.6 Å². The van der Waals surface area contributed by atoms with E-state index in [0.717, 1.165) is 19.6 Å². The predicted octanol–water partition coefficient (Wildman–Crippen LogP) is 2.55. The maximum absolute atomic E-state index is 5.74. The normalized spacial score (nSPS) is 23.8. The van der Waals surface area contributed by atoms with Crippen LogP contribution in [0, 0.1) is 0 Å². The lowest BCUT2D eigenvalue weighted by atomic mass is 10.0. The summed E-state index contributed by atoms with van der Waals surface area (Å²) in [6.45, 7) is 6.28. The second-order valence-corrected chi connectivity index (χ2v) is 5.07. The maximum Gasteiger partial charge on any atom is 0.0699 e. The quantitative estimate of drug-likeness (QED) is 0.718. The molecule has 84 valence electrons. The van der Waals surface area contributed by atoms with Crippen LogP contribution in [0.4, 0.5) is 0 Å². The molecule has 0 aromatic rings. The SMILES string of the molecule is CC(C)(CCCl)NCC1CCCCO1. The Morgan fingerprint density at radius 1 is 1.43 bits per heavy atom. The lowest BCUT2D eigenvalue weighted by Crippen LogP contribution is -2.44. The Morgan fingerprint density at radius 3 is 2.79 bits per heavy atom. The molecule has 0 radical (unpaired) electrons. The smallest absolute Gasteiger partial charge is 0.0699 e. The van der Waals surface area contributed by atoms with Gasteiger partial charge in [0, 0.05) is 24.6 Å². The van der Waals surface area contributed by atoms with Gasteiger partial charge in [-0.3, -0.25) is 0 Å². The van der Waals surface area contributed by atoms with Gasteiger partial charge in [0.1, 0.15) is 0 Å². The zero-order chi connectivity index (χ0) is 10.4.